The standard InChI is InChI=1S/C54H35N3/c1-2-13-36(14-3-1)37-25-29-40(30-26-37)55-51-23-10-6-19-45(51)47-35-54-48(34-53(47)55)46-20-7-11-24-52(46)56(54)41-31-27-38(28-32-41)39-15-12-16-42(33-39)57-49-21-8-4-17-43(49)44-18-5-9-22-50(44)57/h1-35H. The van der Waals surface area contributed by atoms with Crippen LogP contribution in [0.15, 0.2) is 212 Å². The van der Waals surface area contributed by atoms with Crippen LogP contribution in [0.4, 0.5) is 0 Å². The van der Waals surface area contributed by atoms with Crippen molar-refractivity contribution in [1.82, 2.24) is 13.7 Å². The minimum Gasteiger partial charge on any atom is -0.309 e. The van der Waals surface area contributed by atoms with Crippen LogP contribution in [0, 0.1) is 0 Å². The van der Waals surface area contributed by atoms with Gasteiger partial charge in [-0.2, -0.15) is 0 Å². The highest BCUT2D eigenvalue weighted by Gasteiger charge is 2.19. The quantitative estimate of drug-likeness (QED) is 0.168. The molecule has 0 aliphatic rings. The number of hydrogen-bond acceptors (Lipinski definition) is 0. The fourth-order valence-electron chi connectivity index (χ4n) is 9.25. The van der Waals surface area contributed by atoms with Crippen molar-refractivity contribution in [2.24, 2.45) is 0 Å². The molecule has 9 aromatic carbocycles. The summed E-state index contributed by atoms with van der Waals surface area (Å²) in [5, 5.41) is 7.52. The van der Waals surface area contributed by atoms with Crippen LogP contribution < -0.4 is 0 Å². The van der Waals surface area contributed by atoms with E-state index in [4.69, 9.17) is 0 Å². The van der Waals surface area contributed by atoms with Gasteiger partial charge >= 0.3 is 0 Å². The molecule has 3 heteroatoms. The molecule has 0 atom stereocenters. The second-order valence-electron chi connectivity index (χ2n) is 15.0. The number of aromatic nitrogens is 3. The summed E-state index contributed by atoms with van der Waals surface area (Å²) in [4.78, 5) is 0. The lowest BCUT2D eigenvalue weighted by atomic mass is 10.0. The summed E-state index contributed by atoms with van der Waals surface area (Å²) in [7, 11) is 0. The van der Waals surface area contributed by atoms with Crippen molar-refractivity contribution in [1.29, 1.82) is 0 Å². The van der Waals surface area contributed by atoms with Crippen LogP contribution in [0.5, 0.6) is 0 Å². The Kier molecular flexibility index (Phi) is 6.93. The zero-order valence-corrected chi connectivity index (χ0v) is 31.0. The van der Waals surface area contributed by atoms with Crippen molar-refractivity contribution in [3.05, 3.63) is 212 Å². The lowest BCUT2D eigenvalue weighted by molar-refractivity contribution is 1.17. The van der Waals surface area contributed by atoms with Crippen LogP contribution in [0.2, 0.25) is 0 Å². The van der Waals surface area contributed by atoms with Crippen LogP contribution >= 0.6 is 0 Å². The topological polar surface area (TPSA) is 14.8 Å². The molecule has 3 aromatic heterocycles. The average molecular weight is 726 g/mol. The molecule has 0 bridgehead atoms. The zero-order chi connectivity index (χ0) is 37.5. The summed E-state index contributed by atoms with van der Waals surface area (Å²) >= 11 is 0. The Morgan fingerprint density at radius 1 is 0.193 bits per heavy atom. The van der Waals surface area contributed by atoms with Crippen molar-refractivity contribution in [2.45, 2.75) is 0 Å². The van der Waals surface area contributed by atoms with Gasteiger partial charge < -0.3 is 13.7 Å². The molecular weight excluding hydrogens is 691 g/mol. The van der Waals surface area contributed by atoms with Crippen LogP contribution in [0.1, 0.15) is 0 Å². The van der Waals surface area contributed by atoms with Crippen molar-refractivity contribution < 1.29 is 0 Å². The third-order valence-corrected chi connectivity index (χ3v) is 11.8. The van der Waals surface area contributed by atoms with Crippen LogP contribution in [-0.4, -0.2) is 13.7 Å². The zero-order valence-electron chi connectivity index (χ0n) is 31.0. The van der Waals surface area contributed by atoms with Gasteiger partial charge in [0.2, 0.25) is 0 Å². The summed E-state index contributed by atoms with van der Waals surface area (Å²) in [5.74, 6) is 0. The summed E-state index contributed by atoms with van der Waals surface area (Å²) in [6.45, 7) is 0. The molecule has 3 heterocycles. The highest BCUT2D eigenvalue weighted by molar-refractivity contribution is 6.19. The minimum absolute atomic E-state index is 1.14. The van der Waals surface area contributed by atoms with Crippen molar-refractivity contribution in [3.8, 4) is 39.3 Å². The maximum absolute atomic E-state index is 2.43. The van der Waals surface area contributed by atoms with Gasteiger partial charge in [0.1, 0.15) is 0 Å². The summed E-state index contributed by atoms with van der Waals surface area (Å²) in [5.41, 5.74) is 15.5. The predicted octanol–water partition coefficient (Wildman–Crippen LogP) is 14.3. The Labute approximate surface area is 329 Å². The number of fused-ring (bicyclic) bond motifs is 9. The van der Waals surface area contributed by atoms with Gasteiger partial charge in [0, 0.05) is 49.4 Å². The number of rotatable bonds is 5. The molecule has 3 nitrogen and oxygen atoms in total. The molecule has 0 N–H and O–H groups in total. The summed E-state index contributed by atoms with van der Waals surface area (Å²) in [6, 6.07) is 77.4. The van der Waals surface area contributed by atoms with E-state index in [9.17, 15) is 0 Å². The lowest BCUT2D eigenvalue weighted by Crippen LogP contribution is -1.95. The second kappa shape index (κ2) is 12.5. The van der Waals surface area contributed by atoms with Gasteiger partial charge in [0.05, 0.1) is 33.1 Å². The molecule has 12 rings (SSSR count). The molecule has 0 fully saturated rings. The first kappa shape index (κ1) is 31.7. The first-order valence-electron chi connectivity index (χ1n) is 19.6. The fraction of sp³-hybridized carbons (Fsp3) is 0. The van der Waals surface area contributed by atoms with Crippen LogP contribution in [-0.2, 0) is 0 Å². The van der Waals surface area contributed by atoms with Gasteiger partial charge in [-0.05, 0) is 95.1 Å². The number of nitrogens with zero attached hydrogens (tertiary/aromatic N) is 3. The van der Waals surface area contributed by atoms with Crippen LogP contribution in [0.25, 0.3) is 105 Å². The van der Waals surface area contributed by atoms with E-state index in [0.717, 1.165) is 17.1 Å². The van der Waals surface area contributed by atoms with Gasteiger partial charge in [-0.1, -0.05) is 140 Å². The Balaban J connectivity index is 0.990. The van der Waals surface area contributed by atoms with E-state index in [2.05, 4.69) is 226 Å². The van der Waals surface area contributed by atoms with Gasteiger partial charge in [-0.15, -0.1) is 0 Å². The smallest absolute Gasteiger partial charge is 0.0548 e. The molecular formula is C54H35N3. The Bertz CT molecular complexity index is 3440. The lowest BCUT2D eigenvalue weighted by Gasteiger charge is -2.12. The predicted molar refractivity (Wildman–Crippen MR) is 240 cm³/mol. The summed E-state index contributed by atoms with van der Waals surface area (Å²) < 4.78 is 7.24. The summed E-state index contributed by atoms with van der Waals surface area (Å²) in [6.07, 6.45) is 0. The Hall–Kier alpha value is -7.62. The minimum atomic E-state index is 1.14. The highest BCUT2D eigenvalue weighted by Crippen LogP contribution is 2.40. The van der Waals surface area contributed by atoms with E-state index in [1.165, 1.54) is 87.7 Å². The van der Waals surface area contributed by atoms with Gasteiger partial charge in [-0.25, -0.2) is 0 Å². The van der Waals surface area contributed by atoms with Gasteiger partial charge in [0.25, 0.3) is 0 Å². The van der Waals surface area contributed by atoms with Gasteiger partial charge in [0.15, 0.2) is 0 Å². The largest absolute Gasteiger partial charge is 0.309 e. The first-order valence-corrected chi connectivity index (χ1v) is 19.6. The third-order valence-electron chi connectivity index (χ3n) is 11.8. The van der Waals surface area contributed by atoms with Crippen molar-refractivity contribution in [2.75, 3.05) is 0 Å². The van der Waals surface area contributed by atoms with Crippen molar-refractivity contribution >= 4 is 65.4 Å². The van der Waals surface area contributed by atoms with Crippen molar-refractivity contribution in [3.63, 3.8) is 0 Å². The first-order chi connectivity index (χ1) is 28.3. The number of hydrogen-bond donors (Lipinski definition) is 0. The maximum atomic E-state index is 2.43. The molecule has 0 saturated heterocycles. The molecule has 0 radical (unpaired) electrons. The molecule has 0 unspecified atom stereocenters. The third kappa shape index (κ3) is 4.86. The molecule has 0 aliphatic carbocycles. The molecule has 12 aromatic rings. The second-order valence-corrected chi connectivity index (χ2v) is 15.0. The Morgan fingerprint density at radius 3 is 1.02 bits per heavy atom. The maximum Gasteiger partial charge on any atom is 0.0548 e. The average Bonchev–Trinajstić information content (AvgIpc) is 3.91. The van der Waals surface area contributed by atoms with E-state index in [1.54, 1.807) is 0 Å². The normalized spacial score (nSPS) is 11.9. The van der Waals surface area contributed by atoms with Gasteiger partial charge in [-0.3, -0.25) is 0 Å². The molecule has 266 valence electrons. The number of benzene rings is 9. The van der Waals surface area contributed by atoms with Crippen LogP contribution in [0.3, 0.4) is 0 Å². The fourth-order valence-corrected chi connectivity index (χ4v) is 9.25. The van der Waals surface area contributed by atoms with E-state index in [1.807, 2.05) is 0 Å². The van der Waals surface area contributed by atoms with E-state index in [0.29, 0.717) is 0 Å². The molecule has 0 saturated carbocycles. The monoisotopic (exact) mass is 725 g/mol. The molecule has 0 spiro atoms. The van der Waals surface area contributed by atoms with E-state index < -0.39 is 0 Å². The van der Waals surface area contributed by atoms with E-state index in [-0.39, 0.29) is 0 Å². The van der Waals surface area contributed by atoms with E-state index >= 15 is 0 Å². The molecule has 0 amide bonds. The molecule has 0 aliphatic heterocycles. The highest BCUT2D eigenvalue weighted by atomic mass is 15.0. The number of para-hydroxylation sites is 4. The Morgan fingerprint density at radius 2 is 0.544 bits per heavy atom. The molecule has 57 heavy (non-hydrogen) atoms. The SMILES string of the molecule is c1ccc(-c2ccc(-n3c4ccccc4c4cc5c(cc43)c3ccccc3n5-c3ccc(-c4cccc(-n5c6ccccc6c6ccccc65)c4)cc3)cc2)cc1.